The third kappa shape index (κ3) is 3.77. The number of ether oxygens (including phenoxy) is 1. The second-order valence-corrected chi connectivity index (χ2v) is 10.4. The number of anilines is 2. The Kier molecular flexibility index (Phi) is 5.18. The van der Waals surface area contributed by atoms with E-state index in [1.54, 1.807) is 72.3 Å². The molecule has 0 fully saturated rings. The number of rotatable bonds is 4. The van der Waals surface area contributed by atoms with Gasteiger partial charge in [-0.3, -0.25) is 13.9 Å². The van der Waals surface area contributed by atoms with Gasteiger partial charge in [-0.25, -0.2) is 8.42 Å². The lowest BCUT2D eigenvalue weighted by Gasteiger charge is -2.34. The molecule has 33 heavy (non-hydrogen) atoms. The first kappa shape index (κ1) is 21.2. The van der Waals surface area contributed by atoms with E-state index in [4.69, 9.17) is 4.74 Å². The maximum absolute atomic E-state index is 13.4. The van der Waals surface area contributed by atoms with Crippen LogP contribution >= 0.6 is 11.3 Å². The molecule has 1 atom stereocenters. The molecule has 0 saturated carbocycles. The topological polar surface area (TPSA) is 97.7 Å². The molecule has 1 aliphatic rings. The summed E-state index contributed by atoms with van der Waals surface area (Å²) < 4.78 is 36.1. The molecule has 0 unspecified atom stereocenters. The van der Waals surface area contributed by atoms with Crippen molar-refractivity contribution in [2.45, 2.75) is 11.0 Å². The molecule has 0 spiro atoms. The average molecular weight is 482 g/mol. The normalized spacial score (nSPS) is 15.7. The van der Waals surface area contributed by atoms with Gasteiger partial charge in [-0.2, -0.15) is 0 Å². The lowest BCUT2D eigenvalue weighted by atomic mass is 10.2. The van der Waals surface area contributed by atoms with Crippen LogP contribution in [0.3, 0.4) is 0 Å². The fourth-order valence-electron chi connectivity index (χ4n) is 3.72. The van der Waals surface area contributed by atoms with Gasteiger partial charge in [-0.15, -0.1) is 0 Å². The summed E-state index contributed by atoms with van der Waals surface area (Å²) in [5.74, 6) is -0.180. The number of nitrogens with one attached hydrogen (secondary N) is 1. The Labute approximate surface area is 193 Å². The number of thiazole rings is 1. The van der Waals surface area contributed by atoms with E-state index in [0.717, 1.165) is 21.6 Å². The maximum Gasteiger partial charge on any atom is 0.307 e. The maximum atomic E-state index is 13.4. The van der Waals surface area contributed by atoms with Crippen LogP contribution in [-0.2, 0) is 21.9 Å². The number of fused-ring (bicyclic) bond motifs is 2. The van der Waals surface area contributed by atoms with Crippen molar-refractivity contribution in [2.24, 2.45) is 7.05 Å². The molecule has 4 aromatic rings. The molecule has 5 rings (SSSR count). The van der Waals surface area contributed by atoms with E-state index >= 15 is 0 Å². The first-order valence-corrected chi connectivity index (χ1v) is 12.3. The molecule has 1 aromatic heterocycles. The monoisotopic (exact) mass is 481 g/mol. The standard InChI is InChI=1S/C23H19N3O5S2/c1-25-18-12-11-15(13-21(18)32-23(25)28)24-22(27)20-14-26(17-9-5-6-10-19(17)31-20)33(29,30)16-7-3-2-4-8-16/h2-13,20H,14H2,1H3,(H,24,27)/t20-/m0/s1. The summed E-state index contributed by atoms with van der Waals surface area (Å²) in [7, 11) is -2.22. The third-order valence-electron chi connectivity index (χ3n) is 5.42. The number of carbonyl (C=O) groups is 1. The van der Waals surface area contributed by atoms with Gasteiger partial charge in [0, 0.05) is 12.7 Å². The highest BCUT2D eigenvalue weighted by Gasteiger charge is 2.37. The van der Waals surface area contributed by atoms with Crippen LogP contribution in [0.25, 0.3) is 10.2 Å². The summed E-state index contributed by atoms with van der Waals surface area (Å²) in [5, 5.41) is 2.79. The van der Waals surface area contributed by atoms with Crippen molar-refractivity contribution >= 4 is 48.9 Å². The van der Waals surface area contributed by atoms with Crippen LogP contribution in [0.2, 0.25) is 0 Å². The fourth-order valence-corrected chi connectivity index (χ4v) is 6.14. The molecular formula is C23H19N3O5S2. The number of aryl methyl sites for hydroxylation is 1. The van der Waals surface area contributed by atoms with Crippen LogP contribution in [0, 0.1) is 0 Å². The van der Waals surface area contributed by atoms with Gasteiger partial charge in [0.2, 0.25) is 0 Å². The van der Waals surface area contributed by atoms with Crippen LogP contribution in [0.15, 0.2) is 82.5 Å². The predicted octanol–water partition coefficient (Wildman–Crippen LogP) is 3.20. The SMILES string of the molecule is Cn1c(=O)sc2cc(NC(=O)[C@@H]3CN(S(=O)(=O)c4ccccc4)c4ccccc4O3)ccc21. The molecule has 168 valence electrons. The van der Waals surface area contributed by atoms with Gasteiger partial charge in [0.1, 0.15) is 5.75 Å². The number of hydrogen-bond donors (Lipinski definition) is 1. The lowest BCUT2D eigenvalue weighted by molar-refractivity contribution is -0.122. The Morgan fingerprint density at radius 1 is 1.06 bits per heavy atom. The first-order valence-electron chi connectivity index (χ1n) is 10.1. The van der Waals surface area contributed by atoms with Gasteiger partial charge in [0.25, 0.3) is 15.9 Å². The molecule has 1 N–H and O–H groups in total. The lowest BCUT2D eigenvalue weighted by Crippen LogP contribution is -2.48. The zero-order valence-electron chi connectivity index (χ0n) is 17.5. The van der Waals surface area contributed by atoms with E-state index in [9.17, 15) is 18.0 Å². The largest absolute Gasteiger partial charge is 0.476 e. The van der Waals surface area contributed by atoms with E-state index in [2.05, 4.69) is 5.32 Å². The van der Waals surface area contributed by atoms with E-state index in [-0.39, 0.29) is 16.3 Å². The second-order valence-electron chi connectivity index (χ2n) is 7.52. The number of amides is 1. The molecule has 0 aliphatic carbocycles. The summed E-state index contributed by atoms with van der Waals surface area (Å²) in [4.78, 5) is 25.0. The smallest absolute Gasteiger partial charge is 0.307 e. The molecule has 1 aliphatic heterocycles. The van der Waals surface area contributed by atoms with Crippen LogP contribution in [0.1, 0.15) is 0 Å². The number of carbonyl (C=O) groups excluding carboxylic acids is 1. The summed E-state index contributed by atoms with van der Waals surface area (Å²) in [6.45, 7) is -0.180. The van der Waals surface area contributed by atoms with Crippen LogP contribution < -0.4 is 19.2 Å². The minimum absolute atomic E-state index is 0.0949. The number of aromatic nitrogens is 1. The molecule has 2 heterocycles. The number of para-hydroxylation sites is 2. The highest BCUT2D eigenvalue weighted by atomic mass is 32.2. The zero-order chi connectivity index (χ0) is 23.2. The first-order chi connectivity index (χ1) is 15.8. The van der Waals surface area contributed by atoms with E-state index in [1.165, 1.54) is 16.4 Å². The van der Waals surface area contributed by atoms with Crippen molar-refractivity contribution in [1.82, 2.24) is 4.57 Å². The molecule has 1 amide bonds. The highest BCUT2D eigenvalue weighted by molar-refractivity contribution is 7.92. The number of benzene rings is 3. The quantitative estimate of drug-likeness (QED) is 0.483. The second kappa shape index (κ2) is 8.05. The molecule has 0 radical (unpaired) electrons. The molecule has 0 bridgehead atoms. The van der Waals surface area contributed by atoms with Crippen molar-refractivity contribution < 1.29 is 17.9 Å². The number of nitrogens with zero attached hydrogens (tertiary/aromatic N) is 2. The van der Waals surface area contributed by atoms with Gasteiger partial charge in [-0.1, -0.05) is 41.7 Å². The molecule has 8 nitrogen and oxygen atoms in total. The fraction of sp³-hybridized carbons (Fsp3) is 0.130. The number of sulfonamides is 1. The predicted molar refractivity (Wildman–Crippen MR) is 128 cm³/mol. The third-order valence-corrected chi connectivity index (χ3v) is 8.21. The van der Waals surface area contributed by atoms with Crippen molar-refractivity contribution in [3.8, 4) is 5.75 Å². The Balaban J connectivity index is 1.46. The van der Waals surface area contributed by atoms with Crippen molar-refractivity contribution in [2.75, 3.05) is 16.2 Å². The number of hydrogen-bond acceptors (Lipinski definition) is 6. The average Bonchev–Trinajstić information content (AvgIpc) is 3.11. The minimum atomic E-state index is -3.91. The van der Waals surface area contributed by atoms with Gasteiger partial charge in [-0.05, 0) is 42.5 Å². The summed E-state index contributed by atoms with van der Waals surface area (Å²) >= 11 is 1.08. The molecular weight excluding hydrogens is 462 g/mol. The van der Waals surface area contributed by atoms with E-state index in [0.29, 0.717) is 17.1 Å². The van der Waals surface area contributed by atoms with Crippen LogP contribution in [-0.4, -0.2) is 31.5 Å². The van der Waals surface area contributed by atoms with Crippen molar-refractivity contribution in [3.63, 3.8) is 0 Å². The Morgan fingerprint density at radius 3 is 2.58 bits per heavy atom. The molecule has 10 heteroatoms. The van der Waals surface area contributed by atoms with Crippen LogP contribution in [0.4, 0.5) is 11.4 Å². The minimum Gasteiger partial charge on any atom is -0.476 e. The van der Waals surface area contributed by atoms with Gasteiger partial charge in [0.15, 0.2) is 6.10 Å². The van der Waals surface area contributed by atoms with E-state index < -0.39 is 22.0 Å². The summed E-state index contributed by atoms with van der Waals surface area (Å²) in [5.41, 5.74) is 1.64. The molecule has 0 saturated heterocycles. The van der Waals surface area contributed by atoms with E-state index in [1.807, 2.05) is 0 Å². The van der Waals surface area contributed by atoms with Crippen LogP contribution in [0.5, 0.6) is 5.75 Å². The van der Waals surface area contributed by atoms with Crippen molar-refractivity contribution in [3.05, 3.63) is 82.5 Å². The summed E-state index contributed by atoms with van der Waals surface area (Å²) in [6, 6.07) is 20.0. The molecule has 3 aromatic carbocycles. The Hall–Kier alpha value is -3.63. The van der Waals surface area contributed by atoms with Crippen molar-refractivity contribution in [1.29, 1.82) is 0 Å². The highest BCUT2D eigenvalue weighted by Crippen LogP contribution is 2.37. The Morgan fingerprint density at radius 2 is 1.79 bits per heavy atom. The Bertz CT molecular complexity index is 1530. The van der Waals surface area contributed by atoms with Gasteiger partial charge >= 0.3 is 4.87 Å². The summed E-state index contributed by atoms with van der Waals surface area (Å²) in [6.07, 6.45) is -1.07. The van der Waals surface area contributed by atoms with Gasteiger partial charge in [0.05, 0.1) is 27.3 Å². The zero-order valence-corrected chi connectivity index (χ0v) is 19.1. The van der Waals surface area contributed by atoms with Gasteiger partial charge < -0.3 is 14.6 Å².